The fraction of sp³-hybridized carbons (Fsp3) is 0.273. The fourth-order valence-electron chi connectivity index (χ4n) is 4.04. The van der Waals surface area contributed by atoms with Crippen LogP contribution in [0.2, 0.25) is 5.02 Å². The van der Waals surface area contributed by atoms with E-state index in [4.69, 9.17) is 11.6 Å². The number of halogens is 1. The molecule has 0 spiro atoms. The van der Waals surface area contributed by atoms with E-state index in [0.29, 0.717) is 24.4 Å². The maximum atomic E-state index is 12.8. The molecule has 2 N–H and O–H groups in total. The van der Waals surface area contributed by atoms with Gasteiger partial charge in [0.1, 0.15) is 0 Å². The Morgan fingerprint density at radius 1 is 1.11 bits per heavy atom. The predicted molar refractivity (Wildman–Crippen MR) is 109 cm³/mol. The number of carboxylic acid groups (broad SMARTS) is 1. The Morgan fingerprint density at radius 3 is 2.61 bits per heavy atom. The quantitative estimate of drug-likeness (QED) is 0.682. The van der Waals surface area contributed by atoms with Gasteiger partial charge in [0.2, 0.25) is 5.91 Å². The molecule has 2 atom stereocenters. The van der Waals surface area contributed by atoms with Gasteiger partial charge in [-0.1, -0.05) is 41.9 Å². The molecule has 1 fully saturated rings. The van der Waals surface area contributed by atoms with Crippen LogP contribution in [0.5, 0.6) is 0 Å². The van der Waals surface area contributed by atoms with Crippen LogP contribution in [-0.2, 0) is 16.0 Å². The summed E-state index contributed by atoms with van der Waals surface area (Å²) in [4.78, 5) is 29.4. The molecule has 0 radical (unpaired) electrons. The summed E-state index contributed by atoms with van der Waals surface area (Å²) in [5.41, 5.74) is 3.07. The Bertz CT molecular complexity index is 1010. The highest BCUT2D eigenvalue weighted by atomic mass is 35.5. The molecule has 6 heteroatoms. The van der Waals surface area contributed by atoms with Gasteiger partial charge in [-0.3, -0.25) is 9.59 Å². The van der Waals surface area contributed by atoms with E-state index in [9.17, 15) is 14.7 Å². The van der Waals surface area contributed by atoms with Crippen molar-refractivity contribution < 1.29 is 14.7 Å². The van der Waals surface area contributed by atoms with Gasteiger partial charge in [-0.05, 0) is 35.7 Å². The van der Waals surface area contributed by atoms with Crippen LogP contribution in [0.1, 0.15) is 23.5 Å². The molecular formula is C22H21ClN2O3. The van der Waals surface area contributed by atoms with Crippen molar-refractivity contribution in [2.45, 2.75) is 18.8 Å². The standard InChI is InChI=1S/C22H21ClN2O3/c23-16-8-5-14(6-9-16)18-12-25(13-19(18)22(27)28)21(26)10-7-15-11-24-20-4-2-1-3-17(15)20/h1-6,8-9,11,18-19,24H,7,10,12-13H2,(H,27,28)/t18-,19+/m0/s1. The summed E-state index contributed by atoms with van der Waals surface area (Å²) in [5.74, 6) is -1.69. The SMILES string of the molecule is O=C(O)[C@@H]1CN(C(=O)CCc2c[nH]c3ccccc23)C[C@H]1c1ccc(Cl)cc1. The second kappa shape index (κ2) is 7.68. The van der Waals surface area contributed by atoms with Crippen molar-refractivity contribution in [3.63, 3.8) is 0 Å². The molecule has 0 bridgehead atoms. The lowest BCUT2D eigenvalue weighted by atomic mass is 9.89. The number of nitrogens with one attached hydrogen (secondary N) is 1. The monoisotopic (exact) mass is 396 g/mol. The average molecular weight is 397 g/mol. The second-order valence-corrected chi connectivity index (χ2v) is 7.70. The molecule has 4 rings (SSSR count). The van der Waals surface area contributed by atoms with Gasteiger partial charge < -0.3 is 15.0 Å². The van der Waals surface area contributed by atoms with E-state index in [0.717, 1.165) is 22.0 Å². The smallest absolute Gasteiger partial charge is 0.308 e. The molecule has 0 unspecified atom stereocenters. The third kappa shape index (κ3) is 3.62. The van der Waals surface area contributed by atoms with Gasteiger partial charge in [-0.15, -0.1) is 0 Å². The molecule has 28 heavy (non-hydrogen) atoms. The summed E-state index contributed by atoms with van der Waals surface area (Å²) < 4.78 is 0. The number of fused-ring (bicyclic) bond motifs is 1. The Labute approximate surface area is 167 Å². The van der Waals surface area contributed by atoms with E-state index in [-0.39, 0.29) is 18.4 Å². The third-order valence-electron chi connectivity index (χ3n) is 5.57. The summed E-state index contributed by atoms with van der Waals surface area (Å²) in [6.45, 7) is 0.667. The van der Waals surface area contributed by atoms with Crippen molar-refractivity contribution in [3.05, 3.63) is 70.9 Å². The van der Waals surface area contributed by atoms with Crippen LogP contribution in [0.4, 0.5) is 0 Å². The van der Waals surface area contributed by atoms with E-state index < -0.39 is 11.9 Å². The number of aliphatic carboxylic acids is 1. The lowest BCUT2D eigenvalue weighted by Crippen LogP contribution is -2.30. The molecule has 1 aliphatic heterocycles. The summed E-state index contributed by atoms with van der Waals surface area (Å²) in [5, 5.41) is 11.4. The number of nitrogens with zero attached hydrogens (tertiary/aromatic N) is 1. The molecule has 5 nitrogen and oxygen atoms in total. The molecule has 0 saturated carbocycles. The number of aryl methyl sites for hydroxylation is 1. The van der Waals surface area contributed by atoms with Crippen LogP contribution < -0.4 is 0 Å². The number of H-pyrrole nitrogens is 1. The second-order valence-electron chi connectivity index (χ2n) is 7.26. The zero-order valence-electron chi connectivity index (χ0n) is 15.3. The lowest BCUT2D eigenvalue weighted by molar-refractivity contribution is -0.141. The first kappa shape index (κ1) is 18.6. The van der Waals surface area contributed by atoms with Gasteiger partial charge in [0, 0.05) is 47.6 Å². The number of amides is 1. The fourth-order valence-corrected chi connectivity index (χ4v) is 4.17. The lowest BCUT2D eigenvalue weighted by Gasteiger charge is -2.16. The van der Waals surface area contributed by atoms with E-state index in [1.54, 1.807) is 17.0 Å². The number of para-hydroxylation sites is 1. The van der Waals surface area contributed by atoms with Crippen LogP contribution in [-0.4, -0.2) is 40.0 Å². The Kier molecular flexibility index (Phi) is 5.09. The Hall–Kier alpha value is -2.79. The molecule has 3 aromatic rings. The first-order valence-electron chi connectivity index (χ1n) is 9.34. The van der Waals surface area contributed by atoms with E-state index >= 15 is 0 Å². The average Bonchev–Trinajstić information content (AvgIpc) is 3.32. The van der Waals surface area contributed by atoms with Gasteiger partial charge >= 0.3 is 5.97 Å². The highest BCUT2D eigenvalue weighted by molar-refractivity contribution is 6.30. The number of likely N-dealkylation sites (tertiary alicyclic amines) is 1. The van der Waals surface area contributed by atoms with Crippen molar-refractivity contribution >= 4 is 34.4 Å². The Morgan fingerprint density at radius 2 is 1.86 bits per heavy atom. The maximum absolute atomic E-state index is 12.8. The highest BCUT2D eigenvalue weighted by Crippen LogP contribution is 2.34. The van der Waals surface area contributed by atoms with Crippen molar-refractivity contribution in [2.75, 3.05) is 13.1 Å². The van der Waals surface area contributed by atoms with Gasteiger partial charge in [0.25, 0.3) is 0 Å². The van der Waals surface area contributed by atoms with Crippen molar-refractivity contribution in [1.82, 2.24) is 9.88 Å². The van der Waals surface area contributed by atoms with Gasteiger partial charge in [-0.25, -0.2) is 0 Å². The number of carboxylic acids is 1. The van der Waals surface area contributed by atoms with Crippen LogP contribution in [0.3, 0.4) is 0 Å². The molecule has 144 valence electrons. The number of hydrogen-bond donors (Lipinski definition) is 2. The van der Waals surface area contributed by atoms with Crippen LogP contribution in [0.15, 0.2) is 54.7 Å². The summed E-state index contributed by atoms with van der Waals surface area (Å²) in [6, 6.07) is 15.2. The third-order valence-corrected chi connectivity index (χ3v) is 5.82. The summed E-state index contributed by atoms with van der Waals surface area (Å²) >= 11 is 5.94. The van der Waals surface area contributed by atoms with Crippen molar-refractivity contribution in [1.29, 1.82) is 0 Å². The van der Waals surface area contributed by atoms with Crippen LogP contribution in [0.25, 0.3) is 10.9 Å². The number of carbonyl (C=O) groups excluding carboxylic acids is 1. The molecule has 1 aliphatic rings. The molecule has 1 saturated heterocycles. The largest absolute Gasteiger partial charge is 0.481 e. The van der Waals surface area contributed by atoms with E-state index in [1.807, 2.05) is 42.6 Å². The highest BCUT2D eigenvalue weighted by Gasteiger charge is 2.40. The molecule has 2 aromatic carbocycles. The number of benzene rings is 2. The minimum absolute atomic E-state index is 0.00649. The molecular weight excluding hydrogens is 376 g/mol. The number of rotatable bonds is 5. The van der Waals surface area contributed by atoms with Gasteiger partial charge in [0.15, 0.2) is 0 Å². The summed E-state index contributed by atoms with van der Waals surface area (Å²) in [6.07, 6.45) is 2.93. The molecule has 0 aliphatic carbocycles. The zero-order chi connectivity index (χ0) is 19.7. The molecule has 1 amide bonds. The number of hydrogen-bond acceptors (Lipinski definition) is 2. The van der Waals surface area contributed by atoms with E-state index in [1.165, 1.54) is 0 Å². The first-order chi connectivity index (χ1) is 13.5. The van der Waals surface area contributed by atoms with Gasteiger partial charge in [0.05, 0.1) is 5.92 Å². The number of aromatic amines is 1. The zero-order valence-corrected chi connectivity index (χ0v) is 16.0. The first-order valence-corrected chi connectivity index (χ1v) is 9.72. The normalized spacial score (nSPS) is 19.2. The predicted octanol–water partition coefficient (Wildman–Crippen LogP) is 4.08. The van der Waals surface area contributed by atoms with Gasteiger partial charge in [-0.2, -0.15) is 0 Å². The molecule has 1 aromatic heterocycles. The minimum Gasteiger partial charge on any atom is -0.481 e. The van der Waals surface area contributed by atoms with E-state index in [2.05, 4.69) is 4.98 Å². The number of carbonyl (C=O) groups is 2. The van der Waals surface area contributed by atoms with Crippen LogP contribution in [0, 0.1) is 5.92 Å². The minimum atomic E-state index is -0.869. The van der Waals surface area contributed by atoms with Crippen LogP contribution >= 0.6 is 11.6 Å². The maximum Gasteiger partial charge on any atom is 0.308 e. The Balaban J connectivity index is 1.45. The topological polar surface area (TPSA) is 73.4 Å². The van der Waals surface area contributed by atoms with Crippen molar-refractivity contribution in [3.8, 4) is 0 Å². The van der Waals surface area contributed by atoms with Crippen molar-refractivity contribution in [2.24, 2.45) is 5.92 Å². The number of aromatic nitrogens is 1. The molecule has 2 heterocycles. The summed E-state index contributed by atoms with van der Waals surface area (Å²) in [7, 11) is 0.